The highest BCUT2D eigenvalue weighted by Crippen LogP contribution is 2.19. The normalized spacial score (nSPS) is 10.6. The van der Waals surface area contributed by atoms with E-state index in [1.165, 1.54) is 0 Å². The molecule has 0 aromatic heterocycles. The lowest BCUT2D eigenvalue weighted by molar-refractivity contribution is -0.0648. The molecule has 0 aliphatic carbocycles. The molecular formula is C19H15BrN2O3. The molecular weight excluding hydrogens is 384 g/mol. The summed E-state index contributed by atoms with van der Waals surface area (Å²) < 4.78 is 0.923. The number of amides is 2. The van der Waals surface area contributed by atoms with Gasteiger partial charge in [0.1, 0.15) is 0 Å². The number of hydroxylamine groups is 2. The maximum Gasteiger partial charge on any atom is 0.277 e. The average molecular weight is 399 g/mol. The van der Waals surface area contributed by atoms with E-state index in [-0.39, 0.29) is 6.54 Å². The zero-order valence-electron chi connectivity index (χ0n) is 13.1. The fraction of sp³-hybridized carbons (Fsp3) is 0.0526. The molecule has 3 aromatic carbocycles. The van der Waals surface area contributed by atoms with Gasteiger partial charge in [0.05, 0.1) is 6.54 Å². The van der Waals surface area contributed by atoms with Crippen molar-refractivity contribution in [3.8, 4) is 0 Å². The van der Waals surface area contributed by atoms with Crippen LogP contribution in [0.3, 0.4) is 0 Å². The van der Waals surface area contributed by atoms with Crippen LogP contribution in [0, 0.1) is 0 Å². The quantitative estimate of drug-likeness (QED) is 0.518. The molecule has 0 saturated heterocycles. The number of benzene rings is 3. The molecule has 0 unspecified atom stereocenters. The Hall–Kier alpha value is -2.70. The van der Waals surface area contributed by atoms with E-state index in [9.17, 15) is 14.8 Å². The summed E-state index contributed by atoms with van der Waals surface area (Å²) in [5.74, 6) is -1.05. The van der Waals surface area contributed by atoms with Crippen LogP contribution in [0.5, 0.6) is 0 Å². The van der Waals surface area contributed by atoms with Crippen molar-refractivity contribution < 1.29 is 14.8 Å². The van der Waals surface area contributed by atoms with Crippen LogP contribution in [-0.4, -0.2) is 22.1 Å². The van der Waals surface area contributed by atoms with Crippen LogP contribution in [0.2, 0.25) is 0 Å². The molecule has 0 radical (unpaired) electrons. The van der Waals surface area contributed by atoms with Crippen molar-refractivity contribution >= 4 is 38.5 Å². The first-order chi connectivity index (χ1) is 11.9. The highest BCUT2D eigenvalue weighted by atomic mass is 79.9. The molecule has 3 rings (SSSR count). The first-order valence-corrected chi connectivity index (χ1v) is 8.32. The number of fused-ring (bicyclic) bond motifs is 1. The van der Waals surface area contributed by atoms with Gasteiger partial charge in [0.25, 0.3) is 5.91 Å². The van der Waals surface area contributed by atoms with Gasteiger partial charge in [-0.25, -0.2) is 5.06 Å². The Kier molecular flexibility index (Phi) is 4.83. The van der Waals surface area contributed by atoms with Gasteiger partial charge in [-0.1, -0.05) is 40.2 Å². The monoisotopic (exact) mass is 398 g/mol. The van der Waals surface area contributed by atoms with E-state index in [1.54, 1.807) is 36.4 Å². The summed E-state index contributed by atoms with van der Waals surface area (Å²) in [5, 5.41) is 12.4. The second-order valence-electron chi connectivity index (χ2n) is 5.63. The van der Waals surface area contributed by atoms with E-state index in [1.807, 2.05) is 24.3 Å². The summed E-state index contributed by atoms with van der Waals surface area (Å²) in [4.78, 5) is 23.8. The molecule has 5 nitrogen and oxygen atoms in total. The molecule has 0 aliphatic heterocycles. The fourth-order valence-corrected chi connectivity index (χ4v) is 2.78. The number of carbonyl (C=O) groups is 2. The van der Waals surface area contributed by atoms with Crippen molar-refractivity contribution in [2.24, 2.45) is 5.73 Å². The molecule has 0 fully saturated rings. The minimum Gasteiger partial charge on any atom is -0.366 e. The number of nitrogens with two attached hydrogens (primary N) is 1. The smallest absolute Gasteiger partial charge is 0.277 e. The summed E-state index contributed by atoms with van der Waals surface area (Å²) in [6, 6.07) is 17.4. The van der Waals surface area contributed by atoms with Crippen LogP contribution in [0.15, 0.2) is 65.1 Å². The minimum atomic E-state index is -0.530. The van der Waals surface area contributed by atoms with Crippen LogP contribution in [-0.2, 0) is 6.54 Å². The van der Waals surface area contributed by atoms with E-state index in [0.717, 1.165) is 15.4 Å². The fourth-order valence-electron chi connectivity index (χ4n) is 2.52. The Balaban J connectivity index is 1.85. The minimum absolute atomic E-state index is 0.0749. The van der Waals surface area contributed by atoms with Crippen molar-refractivity contribution in [1.29, 1.82) is 0 Å². The number of primary amides is 1. The third kappa shape index (κ3) is 3.87. The first kappa shape index (κ1) is 17.1. The molecule has 0 aliphatic rings. The third-order valence-corrected chi connectivity index (χ3v) is 4.38. The summed E-state index contributed by atoms with van der Waals surface area (Å²) >= 11 is 3.34. The molecule has 3 aromatic rings. The Morgan fingerprint density at radius 2 is 1.52 bits per heavy atom. The van der Waals surface area contributed by atoms with Gasteiger partial charge >= 0.3 is 0 Å². The number of hydrogen-bond donors (Lipinski definition) is 2. The summed E-state index contributed by atoms with van der Waals surface area (Å²) in [5.41, 5.74) is 6.79. The average Bonchev–Trinajstić information content (AvgIpc) is 2.62. The SMILES string of the molecule is NC(=O)c1ccc2ccc(C(=O)N(O)Cc3ccc(Br)cc3)cc2c1. The second kappa shape index (κ2) is 7.04. The predicted octanol–water partition coefficient (Wildman–Crippen LogP) is 3.73. The maximum atomic E-state index is 12.5. The summed E-state index contributed by atoms with van der Waals surface area (Å²) in [6.45, 7) is 0.0749. The standard InChI is InChI=1S/C19H15BrN2O3/c20-17-7-1-12(2-8-17)11-22(25)19(24)15-6-4-13-3-5-14(18(21)23)9-16(13)10-15/h1-10,25H,11H2,(H2,21,23). The third-order valence-electron chi connectivity index (χ3n) is 3.85. The van der Waals surface area contributed by atoms with Crippen LogP contribution in [0.1, 0.15) is 26.3 Å². The number of nitrogens with zero attached hydrogens (tertiary/aromatic N) is 1. The predicted molar refractivity (Wildman–Crippen MR) is 98.3 cm³/mol. The van der Waals surface area contributed by atoms with Crippen LogP contribution < -0.4 is 5.73 Å². The van der Waals surface area contributed by atoms with Gasteiger partial charge in [-0.3, -0.25) is 14.8 Å². The topological polar surface area (TPSA) is 83.6 Å². The molecule has 3 N–H and O–H groups in total. The van der Waals surface area contributed by atoms with Gasteiger partial charge in [-0.05, 0) is 52.7 Å². The van der Waals surface area contributed by atoms with Crippen molar-refractivity contribution in [2.75, 3.05) is 0 Å². The lowest BCUT2D eigenvalue weighted by Crippen LogP contribution is -2.26. The van der Waals surface area contributed by atoms with Crippen LogP contribution in [0.4, 0.5) is 0 Å². The van der Waals surface area contributed by atoms with Crippen molar-refractivity contribution in [3.63, 3.8) is 0 Å². The largest absolute Gasteiger partial charge is 0.366 e. The van der Waals surface area contributed by atoms with Gasteiger partial charge in [0.15, 0.2) is 0 Å². The molecule has 0 heterocycles. The van der Waals surface area contributed by atoms with Crippen molar-refractivity contribution in [2.45, 2.75) is 6.54 Å². The molecule has 0 bridgehead atoms. The van der Waals surface area contributed by atoms with E-state index in [4.69, 9.17) is 5.73 Å². The lowest BCUT2D eigenvalue weighted by Gasteiger charge is -2.15. The van der Waals surface area contributed by atoms with Gasteiger partial charge in [0, 0.05) is 15.6 Å². The van der Waals surface area contributed by atoms with Crippen molar-refractivity contribution in [1.82, 2.24) is 5.06 Å². The first-order valence-electron chi connectivity index (χ1n) is 7.53. The summed E-state index contributed by atoms with van der Waals surface area (Å²) in [7, 11) is 0. The van der Waals surface area contributed by atoms with Gasteiger partial charge in [0.2, 0.25) is 5.91 Å². The second-order valence-corrected chi connectivity index (χ2v) is 6.55. The molecule has 0 atom stereocenters. The zero-order chi connectivity index (χ0) is 18.0. The highest BCUT2D eigenvalue weighted by Gasteiger charge is 2.15. The Labute approximate surface area is 152 Å². The van der Waals surface area contributed by atoms with E-state index in [2.05, 4.69) is 15.9 Å². The summed E-state index contributed by atoms with van der Waals surface area (Å²) in [6.07, 6.45) is 0. The van der Waals surface area contributed by atoms with E-state index in [0.29, 0.717) is 21.6 Å². The molecule has 6 heteroatoms. The van der Waals surface area contributed by atoms with Gasteiger partial charge in [-0.15, -0.1) is 0 Å². The Bertz CT molecular complexity index is 955. The van der Waals surface area contributed by atoms with Crippen LogP contribution in [0.25, 0.3) is 10.8 Å². The van der Waals surface area contributed by atoms with E-state index >= 15 is 0 Å². The lowest BCUT2D eigenvalue weighted by atomic mass is 10.0. The Morgan fingerprint density at radius 1 is 0.920 bits per heavy atom. The molecule has 0 spiro atoms. The number of rotatable bonds is 4. The molecule has 2 amide bonds. The highest BCUT2D eigenvalue weighted by molar-refractivity contribution is 9.10. The molecule has 0 saturated carbocycles. The van der Waals surface area contributed by atoms with Gasteiger partial charge < -0.3 is 5.73 Å². The molecule has 126 valence electrons. The van der Waals surface area contributed by atoms with Crippen LogP contribution >= 0.6 is 15.9 Å². The number of hydrogen-bond acceptors (Lipinski definition) is 3. The van der Waals surface area contributed by atoms with E-state index < -0.39 is 11.8 Å². The maximum absolute atomic E-state index is 12.5. The number of halogens is 1. The zero-order valence-corrected chi connectivity index (χ0v) is 14.7. The Morgan fingerprint density at radius 3 is 2.16 bits per heavy atom. The van der Waals surface area contributed by atoms with Gasteiger partial charge in [-0.2, -0.15) is 0 Å². The van der Waals surface area contributed by atoms with Crippen molar-refractivity contribution in [3.05, 3.63) is 81.8 Å². The molecule has 25 heavy (non-hydrogen) atoms. The number of carbonyl (C=O) groups excluding carboxylic acids is 2.